The Morgan fingerprint density at radius 2 is 1.85 bits per heavy atom. The first-order valence-electron chi connectivity index (χ1n) is 6.15. The molecule has 1 atom stereocenters. The standard InChI is InChI=1S/C14H15O5P/c1-2-19-20(17,18)9-10-7-8-13(14(15)16)12-6-4-3-5-11(10)12/h3-8H,2,9H2,1H3,(H,15,16)(H,17,18). The molecule has 6 heteroatoms. The monoisotopic (exact) mass is 294 g/mol. The molecule has 2 aromatic rings. The maximum Gasteiger partial charge on any atom is 0.336 e. The van der Waals surface area contributed by atoms with Gasteiger partial charge in [0.2, 0.25) is 0 Å². The molecule has 2 rings (SSSR count). The van der Waals surface area contributed by atoms with E-state index in [0.29, 0.717) is 16.3 Å². The first kappa shape index (κ1) is 14.7. The SMILES string of the molecule is CCOP(=O)(O)Cc1ccc(C(=O)O)c2ccccc12. The summed E-state index contributed by atoms with van der Waals surface area (Å²) in [7, 11) is -3.71. The number of carboxylic acid groups (broad SMARTS) is 1. The Bertz CT molecular complexity index is 695. The van der Waals surface area contributed by atoms with Gasteiger partial charge in [-0.25, -0.2) is 4.79 Å². The highest BCUT2D eigenvalue weighted by atomic mass is 31.2. The molecule has 0 aliphatic rings. The molecule has 0 fully saturated rings. The predicted octanol–water partition coefficient (Wildman–Crippen LogP) is 3.26. The minimum Gasteiger partial charge on any atom is -0.478 e. The summed E-state index contributed by atoms with van der Waals surface area (Å²) in [6.07, 6.45) is -0.138. The molecule has 2 N–H and O–H groups in total. The van der Waals surface area contributed by atoms with Crippen molar-refractivity contribution in [1.82, 2.24) is 0 Å². The van der Waals surface area contributed by atoms with E-state index in [-0.39, 0.29) is 18.3 Å². The summed E-state index contributed by atoms with van der Waals surface area (Å²) in [5, 5.41) is 10.4. The van der Waals surface area contributed by atoms with Crippen molar-refractivity contribution in [1.29, 1.82) is 0 Å². The minimum absolute atomic E-state index is 0.138. The van der Waals surface area contributed by atoms with Crippen molar-refractivity contribution in [3.63, 3.8) is 0 Å². The molecule has 0 saturated carbocycles. The third kappa shape index (κ3) is 3.07. The van der Waals surface area contributed by atoms with Gasteiger partial charge in [0.05, 0.1) is 18.3 Å². The largest absolute Gasteiger partial charge is 0.478 e. The fourth-order valence-corrected chi connectivity index (χ4v) is 3.35. The van der Waals surface area contributed by atoms with Crippen LogP contribution in [0.1, 0.15) is 22.8 Å². The van der Waals surface area contributed by atoms with Crippen LogP contribution in [0.15, 0.2) is 36.4 Å². The zero-order valence-electron chi connectivity index (χ0n) is 10.9. The predicted molar refractivity (Wildman–Crippen MR) is 76.1 cm³/mol. The summed E-state index contributed by atoms with van der Waals surface area (Å²) < 4.78 is 16.7. The molecule has 20 heavy (non-hydrogen) atoms. The van der Waals surface area contributed by atoms with E-state index in [1.807, 2.05) is 0 Å². The van der Waals surface area contributed by atoms with E-state index in [1.165, 1.54) is 6.07 Å². The molecule has 0 amide bonds. The lowest BCUT2D eigenvalue weighted by Crippen LogP contribution is -2.00. The lowest BCUT2D eigenvalue weighted by atomic mass is 10.0. The summed E-state index contributed by atoms with van der Waals surface area (Å²) in [6.45, 7) is 1.80. The Labute approximate surface area is 116 Å². The molecule has 0 spiro atoms. The second-order valence-electron chi connectivity index (χ2n) is 4.34. The van der Waals surface area contributed by atoms with E-state index < -0.39 is 13.6 Å². The zero-order valence-corrected chi connectivity index (χ0v) is 11.8. The van der Waals surface area contributed by atoms with Crippen LogP contribution in [-0.2, 0) is 15.3 Å². The fraction of sp³-hybridized carbons (Fsp3) is 0.214. The van der Waals surface area contributed by atoms with Crippen molar-refractivity contribution in [2.45, 2.75) is 13.1 Å². The number of hydrogen-bond donors (Lipinski definition) is 2. The molecule has 1 unspecified atom stereocenters. The van der Waals surface area contributed by atoms with Gasteiger partial charge in [0, 0.05) is 0 Å². The Balaban J connectivity index is 2.54. The van der Waals surface area contributed by atoms with Crippen molar-refractivity contribution in [2.24, 2.45) is 0 Å². The number of fused-ring (bicyclic) bond motifs is 1. The maximum atomic E-state index is 11.9. The van der Waals surface area contributed by atoms with E-state index in [9.17, 15) is 14.3 Å². The second kappa shape index (κ2) is 5.75. The zero-order chi connectivity index (χ0) is 14.8. The van der Waals surface area contributed by atoms with Crippen LogP contribution in [0.4, 0.5) is 0 Å². The minimum atomic E-state index is -3.71. The lowest BCUT2D eigenvalue weighted by Gasteiger charge is -2.13. The van der Waals surface area contributed by atoms with Gasteiger partial charge in [-0.05, 0) is 29.3 Å². The van der Waals surface area contributed by atoms with Crippen LogP contribution in [0.2, 0.25) is 0 Å². The quantitative estimate of drug-likeness (QED) is 0.827. The molecule has 0 heterocycles. The van der Waals surface area contributed by atoms with Gasteiger partial charge in [-0.1, -0.05) is 30.3 Å². The van der Waals surface area contributed by atoms with Gasteiger partial charge in [0.1, 0.15) is 0 Å². The highest BCUT2D eigenvalue weighted by molar-refractivity contribution is 7.52. The normalized spacial score (nSPS) is 14.1. The average Bonchev–Trinajstić information content (AvgIpc) is 2.38. The number of aromatic carboxylic acids is 1. The van der Waals surface area contributed by atoms with Crippen molar-refractivity contribution in [3.8, 4) is 0 Å². The number of rotatable bonds is 5. The van der Waals surface area contributed by atoms with E-state index in [4.69, 9.17) is 9.63 Å². The molecule has 0 aliphatic carbocycles. The molecule has 0 aliphatic heterocycles. The van der Waals surface area contributed by atoms with Crippen LogP contribution in [0.3, 0.4) is 0 Å². The van der Waals surface area contributed by atoms with Gasteiger partial charge in [-0.15, -0.1) is 0 Å². The van der Waals surface area contributed by atoms with Gasteiger partial charge in [-0.3, -0.25) is 4.57 Å². The van der Waals surface area contributed by atoms with Crippen LogP contribution in [-0.4, -0.2) is 22.6 Å². The summed E-state index contributed by atoms with van der Waals surface area (Å²) in [5.74, 6) is -1.02. The summed E-state index contributed by atoms with van der Waals surface area (Å²) >= 11 is 0. The summed E-state index contributed by atoms with van der Waals surface area (Å²) in [4.78, 5) is 20.9. The number of carbonyl (C=O) groups is 1. The summed E-state index contributed by atoms with van der Waals surface area (Å²) in [6, 6.07) is 9.94. The Morgan fingerprint density at radius 3 is 2.45 bits per heavy atom. The number of hydrogen-bond acceptors (Lipinski definition) is 3. The van der Waals surface area contributed by atoms with Gasteiger partial charge in [-0.2, -0.15) is 0 Å². The maximum absolute atomic E-state index is 11.9. The Kier molecular flexibility index (Phi) is 4.23. The van der Waals surface area contributed by atoms with Crippen LogP contribution < -0.4 is 0 Å². The van der Waals surface area contributed by atoms with Gasteiger partial charge < -0.3 is 14.5 Å². The lowest BCUT2D eigenvalue weighted by molar-refractivity contribution is 0.0699. The van der Waals surface area contributed by atoms with Gasteiger partial charge >= 0.3 is 13.6 Å². The van der Waals surface area contributed by atoms with E-state index in [1.54, 1.807) is 37.3 Å². The molecule has 0 aromatic heterocycles. The molecular weight excluding hydrogens is 279 g/mol. The molecule has 0 bridgehead atoms. The van der Waals surface area contributed by atoms with Crippen molar-refractivity contribution in [3.05, 3.63) is 47.5 Å². The molecular formula is C14H15O5P. The molecule has 0 saturated heterocycles. The average molecular weight is 294 g/mol. The summed E-state index contributed by atoms with van der Waals surface area (Å²) in [5.41, 5.74) is 0.776. The van der Waals surface area contributed by atoms with Crippen molar-refractivity contribution >= 4 is 24.3 Å². The smallest absolute Gasteiger partial charge is 0.336 e. The Morgan fingerprint density at radius 1 is 1.20 bits per heavy atom. The number of benzene rings is 2. The highest BCUT2D eigenvalue weighted by Gasteiger charge is 2.21. The molecule has 106 valence electrons. The van der Waals surface area contributed by atoms with Crippen LogP contribution >= 0.6 is 7.60 Å². The Hall–Kier alpha value is -1.68. The van der Waals surface area contributed by atoms with Crippen LogP contribution in [0.25, 0.3) is 10.8 Å². The fourth-order valence-electron chi connectivity index (χ4n) is 2.15. The van der Waals surface area contributed by atoms with Crippen LogP contribution in [0.5, 0.6) is 0 Å². The van der Waals surface area contributed by atoms with E-state index in [0.717, 1.165) is 0 Å². The van der Waals surface area contributed by atoms with Gasteiger partial charge in [0.25, 0.3) is 0 Å². The number of carboxylic acids is 1. The van der Waals surface area contributed by atoms with Crippen LogP contribution in [0, 0.1) is 0 Å². The molecule has 2 aromatic carbocycles. The first-order valence-corrected chi connectivity index (χ1v) is 7.91. The first-order chi connectivity index (χ1) is 9.44. The third-order valence-corrected chi connectivity index (χ3v) is 4.35. The van der Waals surface area contributed by atoms with Gasteiger partial charge in [0.15, 0.2) is 0 Å². The molecule has 0 radical (unpaired) electrons. The van der Waals surface area contributed by atoms with Crippen molar-refractivity contribution < 1.29 is 23.9 Å². The highest BCUT2D eigenvalue weighted by Crippen LogP contribution is 2.46. The topological polar surface area (TPSA) is 83.8 Å². The van der Waals surface area contributed by atoms with E-state index >= 15 is 0 Å². The van der Waals surface area contributed by atoms with Crippen molar-refractivity contribution in [2.75, 3.05) is 6.61 Å². The third-order valence-electron chi connectivity index (χ3n) is 2.95. The molecule has 5 nitrogen and oxygen atoms in total. The van der Waals surface area contributed by atoms with E-state index in [2.05, 4.69) is 0 Å². The second-order valence-corrected chi connectivity index (χ2v) is 6.19.